The minimum atomic E-state index is 0.0969. The standard InChI is InChI=1S/C49H59N/c1-6-9-12-14-33-49(34-15-13-10-7-2)47-35-38(5)19-31-45(47)46-32-24-41(36-48(46)49)40-22-29-44(30-23-40)50(42-25-17-37(4)18-26-42)43-27-20-39(21-28-43)16-11-8-3/h17-32,35-36H,6-16,33-34H2,1-5H3. The molecule has 0 aromatic heterocycles. The Morgan fingerprint density at radius 1 is 0.440 bits per heavy atom. The lowest BCUT2D eigenvalue weighted by atomic mass is 9.70. The first-order valence-corrected chi connectivity index (χ1v) is 19.8. The fourth-order valence-corrected chi connectivity index (χ4v) is 8.30. The van der Waals surface area contributed by atoms with Crippen molar-refractivity contribution in [2.75, 3.05) is 4.90 Å². The second-order valence-corrected chi connectivity index (χ2v) is 15.0. The van der Waals surface area contributed by atoms with E-state index in [9.17, 15) is 0 Å². The third-order valence-electron chi connectivity index (χ3n) is 11.2. The van der Waals surface area contributed by atoms with E-state index in [4.69, 9.17) is 0 Å². The van der Waals surface area contributed by atoms with Gasteiger partial charge in [0.15, 0.2) is 0 Å². The Bertz CT molecular complexity index is 1800. The van der Waals surface area contributed by atoms with Gasteiger partial charge in [-0.05, 0) is 121 Å². The van der Waals surface area contributed by atoms with E-state index in [0.717, 1.165) is 6.42 Å². The van der Waals surface area contributed by atoms with Crippen LogP contribution in [0.4, 0.5) is 17.1 Å². The van der Waals surface area contributed by atoms with Crippen molar-refractivity contribution < 1.29 is 0 Å². The van der Waals surface area contributed by atoms with Crippen LogP contribution in [0.5, 0.6) is 0 Å². The molecule has 0 N–H and O–H groups in total. The summed E-state index contributed by atoms with van der Waals surface area (Å²) < 4.78 is 0. The first kappa shape index (κ1) is 35.7. The Hall–Kier alpha value is -4.10. The maximum absolute atomic E-state index is 2.58. The Morgan fingerprint density at radius 2 is 0.920 bits per heavy atom. The molecular formula is C49H59N. The highest BCUT2D eigenvalue weighted by Gasteiger charge is 2.42. The molecule has 5 aromatic carbocycles. The molecular weight excluding hydrogens is 603 g/mol. The quantitative estimate of drug-likeness (QED) is 0.0897. The molecule has 0 bridgehead atoms. The van der Waals surface area contributed by atoms with Crippen LogP contribution in [0.25, 0.3) is 22.3 Å². The Morgan fingerprint density at radius 3 is 1.50 bits per heavy atom. The maximum atomic E-state index is 2.58. The summed E-state index contributed by atoms with van der Waals surface area (Å²) in [6.45, 7) is 11.3. The van der Waals surface area contributed by atoms with Gasteiger partial charge in [-0.25, -0.2) is 0 Å². The highest BCUT2D eigenvalue weighted by molar-refractivity contribution is 5.85. The fraction of sp³-hybridized carbons (Fsp3) is 0.388. The SMILES string of the molecule is CCCCCCC1(CCCCCC)c2cc(C)ccc2-c2ccc(-c3ccc(N(c4ccc(C)cc4)c4ccc(CCCC)cc4)cc3)cc21. The van der Waals surface area contributed by atoms with Crippen LogP contribution in [-0.2, 0) is 11.8 Å². The monoisotopic (exact) mass is 661 g/mol. The van der Waals surface area contributed by atoms with Crippen LogP contribution in [0.1, 0.15) is 126 Å². The van der Waals surface area contributed by atoms with Crippen LogP contribution in [-0.4, -0.2) is 0 Å². The molecule has 1 aliphatic carbocycles. The van der Waals surface area contributed by atoms with E-state index in [1.54, 1.807) is 11.1 Å². The van der Waals surface area contributed by atoms with Crippen LogP contribution < -0.4 is 4.90 Å². The molecule has 0 amide bonds. The molecule has 0 saturated heterocycles. The van der Waals surface area contributed by atoms with Crippen molar-refractivity contribution in [3.8, 4) is 22.3 Å². The molecule has 260 valence electrons. The van der Waals surface area contributed by atoms with Crippen molar-refractivity contribution >= 4 is 17.1 Å². The zero-order valence-corrected chi connectivity index (χ0v) is 31.5. The minimum absolute atomic E-state index is 0.0969. The summed E-state index contributed by atoms with van der Waals surface area (Å²) >= 11 is 0. The Labute approximate surface area is 303 Å². The summed E-state index contributed by atoms with van der Waals surface area (Å²) in [6.07, 6.45) is 16.5. The lowest BCUT2D eigenvalue weighted by Gasteiger charge is -2.33. The Kier molecular flexibility index (Phi) is 12.0. The molecule has 0 atom stereocenters. The number of hydrogen-bond donors (Lipinski definition) is 0. The van der Waals surface area contributed by atoms with Gasteiger partial charge in [-0.15, -0.1) is 0 Å². The average Bonchev–Trinajstić information content (AvgIpc) is 3.40. The molecule has 0 radical (unpaired) electrons. The number of fused-ring (bicyclic) bond motifs is 3. The summed E-state index contributed by atoms with van der Waals surface area (Å²) in [4.78, 5) is 2.39. The summed E-state index contributed by atoms with van der Waals surface area (Å²) in [5.41, 5.74) is 16.4. The largest absolute Gasteiger partial charge is 0.311 e. The van der Waals surface area contributed by atoms with Gasteiger partial charge >= 0.3 is 0 Å². The molecule has 5 aromatic rings. The number of benzene rings is 5. The summed E-state index contributed by atoms with van der Waals surface area (Å²) in [6, 6.07) is 42.1. The zero-order valence-electron chi connectivity index (χ0n) is 31.5. The topological polar surface area (TPSA) is 3.24 Å². The zero-order chi connectivity index (χ0) is 34.9. The van der Waals surface area contributed by atoms with Crippen LogP contribution in [0.3, 0.4) is 0 Å². The first-order valence-electron chi connectivity index (χ1n) is 19.8. The molecule has 50 heavy (non-hydrogen) atoms. The number of hydrogen-bond acceptors (Lipinski definition) is 1. The number of anilines is 3. The van der Waals surface area contributed by atoms with E-state index in [0.29, 0.717) is 0 Å². The lowest BCUT2D eigenvalue weighted by Crippen LogP contribution is -2.25. The van der Waals surface area contributed by atoms with Gasteiger partial charge in [0.25, 0.3) is 0 Å². The van der Waals surface area contributed by atoms with E-state index in [1.165, 1.54) is 133 Å². The summed E-state index contributed by atoms with van der Waals surface area (Å²) in [5, 5.41) is 0. The van der Waals surface area contributed by atoms with Crippen LogP contribution in [0.15, 0.2) is 109 Å². The lowest BCUT2D eigenvalue weighted by molar-refractivity contribution is 0.401. The first-order chi connectivity index (χ1) is 24.5. The van der Waals surface area contributed by atoms with Crippen molar-refractivity contribution in [1.82, 2.24) is 0 Å². The smallest absolute Gasteiger partial charge is 0.0462 e. The van der Waals surface area contributed by atoms with Gasteiger partial charge in [0.2, 0.25) is 0 Å². The second-order valence-electron chi connectivity index (χ2n) is 15.0. The van der Waals surface area contributed by atoms with Gasteiger partial charge in [-0.1, -0.05) is 156 Å². The van der Waals surface area contributed by atoms with E-state index in [2.05, 4.69) is 149 Å². The number of rotatable bonds is 17. The van der Waals surface area contributed by atoms with Crippen molar-refractivity contribution in [3.63, 3.8) is 0 Å². The van der Waals surface area contributed by atoms with Gasteiger partial charge in [0, 0.05) is 22.5 Å². The fourth-order valence-electron chi connectivity index (χ4n) is 8.30. The van der Waals surface area contributed by atoms with Crippen LogP contribution in [0, 0.1) is 13.8 Å². The van der Waals surface area contributed by atoms with Gasteiger partial charge in [-0.3, -0.25) is 0 Å². The molecule has 0 fully saturated rings. The summed E-state index contributed by atoms with van der Waals surface area (Å²) in [7, 11) is 0. The Balaban J connectivity index is 1.37. The second kappa shape index (κ2) is 16.7. The van der Waals surface area contributed by atoms with E-state index in [-0.39, 0.29) is 5.41 Å². The average molecular weight is 662 g/mol. The predicted octanol–water partition coefficient (Wildman–Crippen LogP) is 15.0. The molecule has 0 aliphatic heterocycles. The van der Waals surface area contributed by atoms with Crippen molar-refractivity contribution in [2.24, 2.45) is 0 Å². The molecule has 0 spiro atoms. The highest BCUT2D eigenvalue weighted by Crippen LogP contribution is 2.55. The molecule has 6 rings (SSSR count). The summed E-state index contributed by atoms with van der Waals surface area (Å²) in [5.74, 6) is 0. The predicted molar refractivity (Wildman–Crippen MR) is 218 cm³/mol. The molecule has 1 aliphatic rings. The van der Waals surface area contributed by atoms with Crippen molar-refractivity contribution in [3.05, 3.63) is 137 Å². The van der Waals surface area contributed by atoms with Crippen molar-refractivity contribution in [2.45, 2.75) is 124 Å². The van der Waals surface area contributed by atoms with Crippen LogP contribution >= 0.6 is 0 Å². The van der Waals surface area contributed by atoms with Gasteiger partial charge < -0.3 is 4.90 Å². The van der Waals surface area contributed by atoms with E-state index in [1.807, 2.05) is 0 Å². The van der Waals surface area contributed by atoms with Gasteiger partial charge in [0.1, 0.15) is 0 Å². The molecule has 1 heteroatoms. The normalized spacial score (nSPS) is 12.9. The highest BCUT2D eigenvalue weighted by atomic mass is 15.1. The molecule has 0 saturated carbocycles. The van der Waals surface area contributed by atoms with Crippen molar-refractivity contribution in [1.29, 1.82) is 0 Å². The third-order valence-corrected chi connectivity index (χ3v) is 11.2. The molecule has 1 nitrogen and oxygen atoms in total. The third kappa shape index (κ3) is 7.78. The number of nitrogens with zero attached hydrogens (tertiary/aromatic N) is 1. The molecule has 0 unspecified atom stereocenters. The maximum Gasteiger partial charge on any atom is 0.0462 e. The van der Waals surface area contributed by atoms with Crippen LogP contribution in [0.2, 0.25) is 0 Å². The minimum Gasteiger partial charge on any atom is -0.311 e. The molecule has 0 heterocycles. The van der Waals surface area contributed by atoms with Gasteiger partial charge in [-0.2, -0.15) is 0 Å². The number of unbranched alkanes of at least 4 members (excludes halogenated alkanes) is 7. The number of aryl methyl sites for hydroxylation is 3. The van der Waals surface area contributed by atoms with E-state index < -0.39 is 0 Å². The van der Waals surface area contributed by atoms with Gasteiger partial charge in [0.05, 0.1) is 0 Å². The van der Waals surface area contributed by atoms with E-state index >= 15 is 0 Å².